The standard InChI is InChI=1S/C20H21ClN2O4/c1-12(2)15-5-4-13(3)6-17(15)25-10-20(24)23-22-9-14-7-18-19(8-16(14)21)27-11-26-18/h4-9,12H,10-11H2,1-3H3,(H,23,24). The summed E-state index contributed by atoms with van der Waals surface area (Å²) < 4.78 is 16.2. The number of aryl methyl sites for hydroxylation is 1. The van der Waals surface area contributed by atoms with Crippen molar-refractivity contribution in [2.75, 3.05) is 13.4 Å². The van der Waals surface area contributed by atoms with Crippen LogP contribution in [0.5, 0.6) is 17.2 Å². The lowest BCUT2D eigenvalue weighted by Gasteiger charge is -2.14. The molecule has 2 aromatic rings. The monoisotopic (exact) mass is 388 g/mol. The summed E-state index contributed by atoms with van der Waals surface area (Å²) in [5.74, 6) is 1.84. The van der Waals surface area contributed by atoms with Gasteiger partial charge in [0.1, 0.15) is 5.75 Å². The van der Waals surface area contributed by atoms with Gasteiger partial charge in [0.05, 0.1) is 11.2 Å². The second-order valence-electron chi connectivity index (χ2n) is 6.50. The lowest BCUT2D eigenvalue weighted by molar-refractivity contribution is -0.123. The lowest BCUT2D eigenvalue weighted by Crippen LogP contribution is -2.25. The first kappa shape index (κ1) is 19.0. The van der Waals surface area contributed by atoms with Crippen molar-refractivity contribution >= 4 is 23.7 Å². The highest BCUT2D eigenvalue weighted by Crippen LogP contribution is 2.36. The summed E-state index contributed by atoms with van der Waals surface area (Å²) in [6.45, 7) is 6.18. The van der Waals surface area contributed by atoms with E-state index in [4.69, 9.17) is 25.8 Å². The Morgan fingerprint density at radius 1 is 1.30 bits per heavy atom. The molecule has 3 rings (SSSR count). The van der Waals surface area contributed by atoms with Crippen molar-refractivity contribution < 1.29 is 19.0 Å². The van der Waals surface area contributed by atoms with E-state index in [0.717, 1.165) is 11.1 Å². The third kappa shape index (κ3) is 4.71. The summed E-state index contributed by atoms with van der Waals surface area (Å²) in [6.07, 6.45) is 1.45. The Hall–Kier alpha value is -2.73. The molecular weight excluding hydrogens is 368 g/mol. The largest absolute Gasteiger partial charge is 0.483 e. The summed E-state index contributed by atoms with van der Waals surface area (Å²) in [4.78, 5) is 12.0. The van der Waals surface area contributed by atoms with E-state index in [1.807, 2.05) is 25.1 Å². The van der Waals surface area contributed by atoms with Gasteiger partial charge in [-0.3, -0.25) is 4.79 Å². The Morgan fingerprint density at radius 2 is 2.04 bits per heavy atom. The van der Waals surface area contributed by atoms with Crippen molar-refractivity contribution in [3.63, 3.8) is 0 Å². The number of hydrogen-bond donors (Lipinski definition) is 1. The fourth-order valence-corrected chi connectivity index (χ4v) is 2.83. The molecule has 1 amide bonds. The van der Waals surface area contributed by atoms with Gasteiger partial charge in [0, 0.05) is 11.6 Å². The Labute approximate surface area is 163 Å². The van der Waals surface area contributed by atoms with E-state index in [2.05, 4.69) is 24.4 Å². The van der Waals surface area contributed by atoms with E-state index in [1.54, 1.807) is 12.1 Å². The SMILES string of the molecule is Cc1ccc(C(C)C)c(OCC(=O)NN=Cc2cc3c(cc2Cl)OCO3)c1. The molecule has 1 N–H and O–H groups in total. The van der Waals surface area contributed by atoms with Crippen molar-refractivity contribution in [2.24, 2.45) is 5.10 Å². The van der Waals surface area contributed by atoms with Crippen LogP contribution in [-0.4, -0.2) is 25.5 Å². The lowest BCUT2D eigenvalue weighted by atomic mass is 10.0. The quantitative estimate of drug-likeness (QED) is 0.599. The summed E-state index contributed by atoms with van der Waals surface area (Å²) in [5.41, 5.74) is 5.18. The van der Waals surface area contributed by atoms with E-state index in [1.165, 1.54) is 6.21 Å². The number of benzene rings is 2. The summed E-state index contributed by atoms with van der Waals surface area (Å²) in [7, 11) is 0. The Balaban J connectivity index is 1.58. The highest BCUT2D eigenvalue weighted by molar-refractivity contribution is 6.33. The van der Waals surface area contributed by atoms with Crippen molar-refractivity contribution in [2.45, 2.75) is 26.7 Å². The summed E-state index contributed by atoms with van der Waals surface area (Å²) in [5, 5.41) is 4.38. The zero-order chi connectivity index (χ0) is 19.4. The number of halogens is 1. The van der Waals surface area contributed by atoms with Gasteiger partial charge in [0.25, 0.3) is 5.91 Å². The fraction of sp³-hybridized carbons (Fsp3) is 0.300. The molecule has 0 saturated heterocycles. The third-order valence-corrected chi connectivity index (χ3v) is 4.36. The molecular formula is C20H21ClN2O4. The van der Waals surface area contributed by atoms with Gasteiger partial charge < -0.3 is 14.2 Å². The molecule has 0 saturated carbocycles. The van der Waals surface area contributed by atoms with Crippen LogP contribution in [0.25, 0.3) is 0 Å². The molecule has 27 heavy (non-hydrogen) atoms. The first-order valence-corrected chi connectivity index (χ1v) is 8.96. The number of carbonyl (C=O) groups is 1. The Bertz CT molecular complexity index is 881. The van der Waals surface area contributed by atoms with Crippen LogP contribution in [0.15, 0.2) is 35.4 Å². The molecule has 1 heterocycles. The van der Waals surface area contributed by atoms with Crippen LogP contribution in [-0.2, 0) is 4.79 Å². The van der Waals surface area contributed by atoms with Crippen LogP contribution in [0.4, 0.5) is 0 Å². The van der Waals surface area contributed by atoms with Crippen molar-refractivity contribution in [3.05, 3.63) is 52.0 Å². The molecule has 0 atom stereocenters. The molecule has 0 unspecified atom stereocenters. The van der Waals surface area contributed by atoms with Gasteiger partial charge in [0.15, 0.2) is 18.1 Å². The molecule has 0 spiro atoms. The molecule has 0 aromatic heterocycles. The van der Waals surface area contributed by atoms with Crippen LogP contribution in [0.3, 0.4) is 0 Å². The van der Waals surface area contributed by atoms with E-state index < -0.39 is 0 Å². The number of fused-ring (bicyclic) bond motifs is 1. The molecule has 142 valence electrons. The third-order valence-electron chi connectivity index (χ3n) is 4.03. The van der Waals surface area contributed by atoms with E-state index >= 15 is 0 Å². The average Bonchev–Trinajstić information content (AvgIpc) is 3.07. The smallest absolute Gasteiger partial charge is 0.277 e. The minimum absolute atomic E-state index is 0.130. The van der Waals surface area contributed by atoms with Gasteiger partial charge in [-0.05, 0) is 36.1 Å². The van der Waals surface area contributed by atoms with E-state index in [-0.39, 0.29) is 19.3 Å². The van der Waals surface area contributed by atoms with E-state index in [0.29, 0.717) is 33.8 Å². The summed E-state index contributed by atoms with van der Waals surface area (Å²) in [6, 6.07) is 9.34. The molecule has 0 bridgehead atoms. The van der Waals surface area contributed by atoms with Crippen molar-refractivity contribution in [1.29, 1.82) is 0 Å². The molecule has 0 fully saturated rings. The number of nitrogens with zero attached hydrogens (tertiary/aromatic N) is 1. The molecule has 0 aliphatic carbocycles. The maximum Gasteiger partial charge on any atom is 0.277 e. The molecule has 7 heteroatoms. The zero-order valence-electron chi connectivity index (χ0n) is 15.4. The minimum atomic E-state index is -0.362. The Morgan fingerprint density at radius 3 is 2.78 bits per heavy atom. The number of nitrogens with one attached hydrogen (secondary N) is 1. The van der Waals surface area contributed by atoms with Gasteiger partial charge in [-0.15, -0.1) is 0 Å². The second kappa shape index (κ2) is 8.31. The fourth-order valence-electron chi connectivity index (χ4n) is 2.62. The van der Waals surface area contributed by atoms with Gasteiger partial charge in [-0.25, -0.2) is 5.43 Å². The van der Waals surface area contributed by atoms with Crippen LogP contribution in [0, 0.1) is 6.92 Å². The number of hydrogen-bond acceptors (Lipinski definition) is 5. The first-order chi connectivity index (χ1) is 12.9. The number of amides is 1. The molecule has 6 nitrogen and oxygen atoms in total. The second-order valence-corrected chi connectivity index (χ2v) is 6.91. The first-order valence-electron chi connectivity index (χ1n) is 8.58. The van der Waals surface area contributed by atoms with Gasteiger partial charge in [0.2, 0.25) is 6.79 Å². The topological polar surface area (TPSA) is 69.2 Å². The molecule has 1 aliphatic rings. The van der Waals surface area contributed by atoms with Gasteiger partial charge in [-0.2, -0.15) is 5.10 Å². The predicted octanol–water partition coefficient (Wildman–Crippen LogP) is 4.03. The predicted molar refractivity (Wildman–Crippen MR) is 104 cm³/mol. The van der Waals surface area contributed by atoms with Crippen LogP contribution < -0.4 is 19.6 Å². The molecule has 0 radical (unpaired) electrons. The van der Waals surface area contributed by atoms with Crippen LogP contribution in [0.1, 0.15) is 36.5 Å². The maximum atomic E-state index is 12.0. The van der Waals surface area contributed by atoms with Crippen LogP contribution >= 0.6 is 11.6 Å². The number of carbonyl (C=O) groups excluding carboxylic acids is 1. The highest BCUT2D eigenvalue weighted by atomic mass is 35.5. The number of hydrazone groups is 1. The van der Waals surface area contributed by atoms with Crippen molar-refractivity contribution in [1.82, 2.24) is 5.43 Å². The number of rotatable bonds is 6. The normalized spacial score (nSPS) is 12.6. The van der Waals surface area contributed by atoms with Crippen LogP contribution in [0.2, 0.25) is 5.02 Å². The maximum absolute atomic E-state index is 12.0. The molecule has 1 aliphatic heterocycles. The van der Waals surface area contributed by atoms with Gasteiger partial charge in [-0.1, -0.05) is 37.6 Å². The molecule has 2 aromatic carbocycles. The minimum Gasteiger partial charge on any atom is -0.483 e. The average molecular weight is 389 g/mol. The summed E-state index contributed by atoms with van der Waals surface area (Å²) >= 11 is 6.16. The zero-order valence-corrected chi connectivity index (χ0v) is 16.2. The van der Waals surface area contributed by atoms with E-state index in [9.17, 15) is 4.79 Å². The Kier molecular flexibility index (Phi) is 5.86. The van der Waals surface area contributed by atoms with Gasteiger partial charge >= 0.3 is 0 Å². The highest BCUT2D eigenvalue weighted by Gasteiger charge is 2.16. The van der Waals surface area contributed by atoms with Crippen molar-refractivity contribution in [3.8, 4) is 17.2 Å². The number of ether oxygens (including phenoxy) is 3.